The molecule has 0 saturated heterocycles. The van der Waals surface area contributed by atoms with Crippen LogP contribution >= 0.6 is 11.3 Å². The summed E-state index contributed by atoms with van der Waals surface area (Å²) in [6, 6.07) is 0. The van der Waals surface area contributed by atoms with Gasteiger partial charge in [-0.2, -0.15) is 0 Å². The zero-order valence-electron chi connectivity index (χ0n) is 7.94. The molecule has 0 aliphatic rings. The molecule has 78 valence electrons. The molecule has 0 amide bonds. The lowest BCUT2D eigenvalue weighted by Gasteiger charge is -2.01. The molecule has 0 aliphatic heterocycles. The van der Waals surface area contributed by atoms with E-state index in [0.717, 1.165) is 16.2 Å². The van der Waals surface area contributed by atoms with E-state index < -0.39 is 5.97 Å². The third kappa shape index (κ3) is 2.21. The Labute approximate surface area is 84.6 Å². The molecule has 1 N–H and O–H groups in total. The van der Waals surface area contributed by atoms with Crippen LogP contribution in [-0.2, 0) is 22.7 Å². The molecule has 1 aromatic rings. The molecule has 0 aromatic carbocycles. The molecule has 0 saturated carbocycles. The van der Waals surface area contributed by atoms with E-state index in [-0.39, 0.29) is 11.4 Å². The molecule has 6 heteroatoms. The van der Waals surface area contributed by atoms with Crippen molar-refractivity contribution < 1.29 is 14.6 Å². The maximum Gasteiger partial charge on any atom is 0.323 e. The number of methoxy groups -OCH3 is 1. The number of aliphatic carboxylic acids is 1. The first-order valence-electron chi connectivity index (χ1n) is 3.96. The minimum atomic E-state index is -1.02. The summed E-state index contributed by atoms with van der Waals surface area (Å²) in [7, 11) is 1.53. The summed E-state index contributed by atoms with van der Waals surface area (Å²) in [5.74, 6) is -1.02. The fourth-order valence-electron chi connectivity index (χ4n) is 1.11. The number of rotatable bonds is 4. The van der Waals surface area contributed by atoms with Gasteiger partial charge >= 0.3 is 10.8 Å². The molecule has 0 bridgehead atoms. The van der Waals surface area contributed by atoms with Gasteiger partial charge in [-0.3, -0.25) is 14.2 Å². The SMILES string of the molecule is COCc1sc(=O)n(CC(=O)O)c1C. The van der Waals surface area contributed by atoms with Crippen LogP contribution in [0.25, 0.3) is 0 Å². The first-order valence-corrected chi connectivity index (χ1v) is 4.77. The van der Waals surface area contributed by atoms with Gasteiger partial charge in [-0.1, -0.05) is 11.3 Å². The number of thiazole rings is 1. The van der Waals surface area contributed by atoms with E-state index in [0.29, 0.717) is 12.3 Å². The molecular formula is C8H11NO4S. The van der Waals surface area contributed by atoms with E-state index in [1.165, 1.54) is 11.7 Å². The normalized spacial score (nSPS) is 10.4. The Bertz CT molecular complexity index is 393. The second-order valence-electron chi connectivity index (χ2n) is 2.79. The summed E-state index contributed by atoms with van der Waals surface area (Å²) in [6.07, 6.45) is 0. The Morgan fingerprint density at radius 1 is 1.64 bits per heavy atom. The van der Waals surface area contributed by atoms with Crippen LogP contribution in [0, 0.1) is 6.92 Å². The average Bonchev–Trinajstić information content (AvgIpc) is 2.33. The van der Waals surface area contributed by atoms with Crippen LogP contribution < -0.4 is 4.87 Å². The molecule has 0 unspecified atom stereocenters. The van der Waals surface area contributed by atoms with Crippen molar-refractivity contribution in [2.45, 2.75) is 20.1 Å². The molecule has 5 nitrogen and oxygen atoms in total. The molecule has 0 spiro atoms. The highest BCUT2D eigenvalue weighted by Crippen LogP contribution is 2.12. The summed E-state index contributed by atoms with van der Waals surface area (Å²) in [6.45, 7) is 1.78. The molecule has 1 heterocycles. The number of aromatic nitrogens is 1. The zero-order valence-corrected chi connectivity index (χ0v) is 8.76. The van der Waals surface area contributed by atoms with Gasteiger partial charge in [-0.15, -0.1) is 0 Å². The summed E-state index contributed by atoms with van der Waals surface area (Å²) >= 11 is 1.03. The molecular weight excluding hydrogens is 206 g/mol. The number of carbonyl (C=O) groups is 1. The largest absolute Gasteiger partial charge is 0.480 e. The lowest BCUT2D eigenvalue weighted by atomic mass is 10.4. The van der Waals surface area contributed by atoms with E-state index in [1.807, 2.05) is 0 Å². The van der Waals surface area contributed by atoms with Crippen LogP contribution in [0.15, 0.2) is 4.79 Å². The quantitative estimate of drug-likeness (QED) is 0.795. The minimum Gasteiger partial charge on any atom is -0.480 e. The number of ether oxygens (including phenoxy) is 1. The van der Waals surface area contributed by atoms with Gasteiger partial charge in [0, 0.05) is 12.8 Å². The highest BCUT2D eigenvalue weighted by atomic mass is 32.1. The number of carboxylic acids is 1. The lowest BCUT2D eigenvalue weighted by Crippen LogP contribution is -2.20. The van der Waals surface area contributed by atoms with Crippen LogP contribution in [0.2, 0.25) is 0 Å². The molecule has 1 rings (SSSR count). The van der Waals surface area contributed by atoms with Gasteiger partial charge < -0.3 is 9.84 Å². The molecule has 0 aliphatic carbocycles. The standard InChI is InChI=1S/C8H11NO4S/c1-5-6(4-13-2)14-8(12)9(5)3-7(10)11/h3-4H2,1-2H3,(H,10,11). The molecule has 14 heavy (non-hydrogen) atoms. The van der Waals surface area contributed by atoms with Crippen LogP contribution in [-0.4, -0.2) is 22.8 Å². The van der Waals surface area contributed by atoms with Crippen molar-refractivity contribution in [1.29, 1.82) is 0 Å². The average molecular weight is 217 g/mol. The van der Waals surface area contributed by atoms with Crippen molar-refractivity contribution >= 4 is 17.3 Å². The fourth-order valence-corrected chi connectivity index (χ4v) is 2.06. The number of carboxylic acid groups (broad SMARTS) is 1. The number of hydrogen-bond donors (Lipinski definition) is 1. The summed E-state index contributed by atoms with van der Waals surface area (Å²) in [4.78, 5) is 22.3. The highest BCUT2D eigenvalue weighted by molar-refractivity contribution is 7.09. The van der Waals surface area contributed by atoms with Gasteiger partial charge in [0.1, 0.15) is 6.54 Å². The maximum atomic E-state index is 11.3. The predicted molar refractivity (Wildman–Crippen MR) is 51.7 cm³/mol. The van der Waals surface area contributed by atoms with E-state index >= 15 is 0 Å². The molecule has 0 atom stereocenters. The highest BCUT2D eigenvalue weighted by Gasteiger charge is 2.12. The maximum absolute atomic E-state index is 11.3. The third-order valence-electron chi connectivity index (χ3n) is 1.81. The summed E-state index contributed by atoms with van der Waals surface area (Å²) in [5.41, 5.74) is 0.671. The van der Waals surface area contributed by atoms with E-state index in [1.54, 1.807) is 6.92 Å². The van der Waals surface area contributed by atoms with Gasteiger partial charge in [-0.25, -0.2) is 0 Å². The van der Waals surface area contributed by atoms with E-state index in [9.17, 15) is 9.59 Å². The third-order valence-corrected chi connectivity index (χ3v) is 2.86. The predicted octanol–water partition coefficient (Wildman–Crippen LogP) is 0.449. The Morgan fingerprint density at radius 2 is 2.29 bits per heavy atom. The van der Waals surface area contributed by atoms with Gasteiger partial charge in [-0.05, 0) is 6.92 Å². The van der Waals surface area contributed by atoms with Crippen molar-refractivity contribution in [2.24, 2.45) is 0 Å². The smallest absolute Gasteiger partial charge is 0.323 e. The molecule has 0 radical (unpaired) electrons. The van der Waals surface area contributed by atoms with Gasteiger partial charge in [0.15, 0.2) is 0 Å². The fraction of sp³-hybridized carbons (Fsp3) is 0.500. The van der Waals surface area contributed by atoms with E-state index in [4.69, 9.17) is 9.84 Å². The van der Waals surface area contributed by atoms with Gasteiger partial charge in [0.2, 0.25) is 0 Å². The van der Waals surface area contributed by atoms with Crippen LogP contribution in [0.5, 0.6) is 0 Å². The van der Waals surface area contributed by atoms with Crippen LogP contribution in [0.4, 0.5) is 0 Å². The zero-order chi connectivity index (χ0) is 10.7. The summed E-state index contributed by atoms with van der Waals surface area (Å²) in [5, 5.41) is 8.57. The first-order chi connectivity index (χ1) is 6.56. The van der Waals surface area contributed by atoms with Gasteiger partial charge in [0.25, 0.3) is 0 Å². The van der Waals surface area contributed by atoms with Gasteiger partial charge in [0.05, 0.1) is 11.5 Å². The monoisotopic (exact) mass is 217 g/mol. The van der Waals surface area contributed by atoms with Crippen molar-refractivity contribution in [1.82, 2.24) is 4.57 Å². The Morgan fingerprint density at radius 3 is 2.79 bits per heavy atom. The Hall–Kier alpha value is -1.14. The first kappa shape index (κ1) is 10.9. The summed E-state index contributed by atoms with van der Waals surface area (Å²) < 4.78 is 6.13. The topological polar surface area (TPSA) is 68.5 Å². The van der Waals surface area contributed by atoms with Crippen molar-refractivity contribution in [3.8, 4) is 0 Å². The minimum absolute atomic E-state index is 0.253. The molecule has 1 aromatic heterocycles. The van der Waals surface area contributed by atoms with E-state index in [2.05, 4.69) is 0 Å². The van der Waals surface area contributed by atoms with Crippen LogP contribution in [0.3, 0.4) is 0 Å². The second kappa shape index (κ2) is 4.39. The Balaban J connectivity index is 3.05. The second-order valence-corrected chi connectivity index (χ2v) is 3.84. The lowest BCUT2D eigenvalue weighted by molar-refractivity contribution is -0.137. The number of nitrogens with zero attached hydrogens (tertiary/aromatic N) is 1. The molecule has 0 fully saturated rings. The Kier molecular flexibility index (Phi) is 3.43. The van der Waals surface area contributed by atoms with Crippen LogP contribution in [0.1, 0.15) is 10.6 Å². The van der Waals surface area contributed by atoms with Crippen molar-refractivity contribution in [3.05, 3.63) is 20.2 Å². The number of hydrogen-bond acceptors (Lipinski definition) is 4. The van der Waals surface area contributed by atoms with Crippen molar-refractivity contribution in [2.75, 3.05) is 7.11 Å². The van der Waals surface area contributed by atoms with Crippen molar-refractivity contribution in [3.63, 3.8) is 0 Å².